The zero-order valence-corrected chi connectivity index (χ0v) is 15.3. The number of nitrogens with zero attached hydrogens (tertiary/aromatic N) is 2. The molecule has 1 heterocycles. The van der Waals surface area contributed by atoms with Crippen LogP contribution in [-0.2, 0) is 6.54 Å². The molecule has 0 amide bonds. The number of halogens is 1. The summed E-state index contributed by atoms with van der Waals surface area (Å²) in [5.74, 6) is 0.917. The molecule has 3 aromatic rings. The van der Waals surface area contributed by atoms with Crippen LogP contribution in [0.25, 0.3) is 10.6 Å². The quantitative estimate of drug-likeness (QED) is 0.688. The van der Waals surface area contributed by atoms with Crippen molar-refractivity contribution in [2.24, 2.45) is 0 Å². The lowest BCUT2D eigenvalue weighted by atomic mass is 10.1. The van der Waals surface area contributed by atoms with Crippen molar-refractivity contribution in [2.45, 2.75) is 20.4 Å². The number of ether oxygens (including phenoxy) is 1. The number of hydrogen-bond acceptors (Lipinski definition) is 5. The molecule has 0 aliphatic rings. The summed E-state index contributed by atoms with van der Waals surface area (Å²) in [6, 6.07) is 11.9. The van der Waals surface area contributed by atoms with Crippen LogP contribution >= 0.6 is 22.9 Å². The Labute approximate surface area is 150 Å². The first-order valence-electron chi connectivity index (χ1n) is 7.55. The predicted octanol–water partition coefficient (Wildman–Crippen LogP) is 5.10. The zero-order valence-electron chi connectivity index (χ0n) is 13.8. The highest BCUT2D eigenvalue weighted by molar-refractivity contribution is 7.18. The molecular formula is C18H18ClN3OS. The van der Waals surface area contributed by atoms with Gasteiger partial charge in [0.05, 0.1) is 7.11 Å². The molecule has 0 saturated heterocycles. The summed E-state index contributed by atoms with van der Waals surface area (Å²) in [5.41, 5.74) is 4.27. The molecule has 1 aromatic heterocycles. The fourth-order valence-corrected chi connectivity index (χ4v) is 3.55. The van der Waals surface area contributed by atoms with Crippen molar-refractivity contribution in [3.05, 3.63) is 58.1 Å². The van der Waals surface area contributed by atoms with Crippen molar-refractivity contribution in [2.75, 3.05) is 12.4 Å². The Balaban J connectivity index is 1.77. The molecule has 6 heteroatoms. The van der Waals surface area contributed by atoms with Crippen LogP contribution in [0.1, 0.15) is 16.7 Å². The van der Waals surface area contributed by atoms with E-state index in [0.29, 0.717) is 6.54 Å². The Morgan fingerprint density at radius 2 is 1.83 bits per heavy atom. The van der Waals surface area contributed by atoms with E-state index in [0.717, 1.165) is 43.2 Å². The van der Waals surface area contributed by atoms with Gasteiger partial charge in [0.25, 0.3) is 0 Å². The van der Waals surface area contributed by atoms with Gasteiger partial charge in [-0.15, -0.1) is 10.2 Å². The normalized spacial score (nSPS) is 10.7. The monoisotopic (exact) mass is 359 g/mol. The van der Waals surface area contributed by atoms with Gasteiger partial charge in [-0.1, -0.05) is 41.1 Å². The molecule has 1 N–H and O–H groups in total. The third-order valence-electron chi connectivity index (χ3n) is 3.72. The minimum Gasteiger partial charge on any atom is -0.496 e. The molecular weight excluding hydrogens is 342 g/mol. The minimum absolute atomic E-state index is 0.620. The summed E-state index contributed by atoms with van der Waals surface area (Å²) in [7, 11) is 1.69. The lowest BCUT2D eigenvalue weighted by molar-refractivity contribution is 0.408. The van der Waals surface area contributed by atoms with E-state index < -0.39 is 0 Å². The van der Waals surface area contributed by atoms with Gasteiger partial charge in [-0.2, -0.15) is 0 Å². The van der Waals surface area contributed by atoms with Crippen molar-refractivity contribution >= 4 is 28.1 Å². The van der Waals surface area contributed by atoms with E-state index in [4.69, 9.17) is 16.3 Å². The summed E-state index contributed by atoms with van der Waals surface area (Å²) in [6.07, 6.45) is 0. The molecule has 124 valence electrons. The smallest absolute Gasteiger partial charge is 0.206 e. The third-order valence-corrected chi connectivity index (χ3v) is 5.02. The average Bonchev–Trinajstić information content (AvgIpc) is 3.03. The molecule has 0 unspecified atom stereocenters. The fourth-order valence-electron chi connectivity index (χ4n) is 2.62. The second kappa shape index (κ2) is 7.20. The van der Waals surface area contributed by atoms with Crippen LogP contribution in [0.5, 0.6) is 5.75 Å². The lowest BCUT2D eigenvalue weighted by Gasteiger charge is -2.09. The molecule has 0 saturated carbocycles. The molecule has 0 aliphatic heterocycles. The van der Waals surface area contributed by atoms with Crippen LogP contribution in [0.4, 0.5) is 5.13 Å². The third kappa shape index (κ3) is 3.52. The SMILES string of the molecule is COc1c(C)cc(-c2nnc(NCc3ccccc3Cl)s2)cc1C. The van der Waals surface area contributed by atoms with E-state index in [1.165, 1.54) is 11.3 Å². The van der Waals surface area contributed by atoms with Gasteiger partial charge in [-0.05, 0) is 48.7 Å². The fraction of sp³-hybridized carbons (Fsp3) is 0.222. The van der Waals surface area contributed by atoms with Crippen molar-refractivity contribution in [3.63, 3.8) is 0 Å². The summed E-state index contributed by atoms with van der Waals surface area (Å²) in [6.45, 7) is 4.69. The topological polar surface area (TPSA) is 47.0 Å². The lowest BCUT2D eigenvalue weighted by Crippen LogP contribution is -1.99. The molecule has 24 heavy (non-hydrogen) atoms. The van der Waals surface area contributed by atoms with Crippen LogP contribution in [-0.4, -0.2) is 17.3 Å². The van der Waals surface area contributed by atoms with Crippen LogP contribution < -0.4 is 10.1 Å². The van der Waals surface area contributed by atoms with Gasteiger partial charge in [-0.3, -0.25) is 0 Å². The zero-order chi connectivity index (χ0) is 17.1. The molecule has 2 aromatic carbocycles. The van der Waals surface area contributed by atoms with Crippen molar-refractivity contribution in [1.82, 2.24) is 10.2 Å². The first-order chi connectivity index (χ1) is 11.6. The summed E-state index contributed by atoms with van der Waals surface area (Å²) in [5, 5.41) is 14.2. The maximum atomic E-state index is 6.17. The van der Waals surface area contributed by atoms with Gasteiger partial charge in [-0.25, -0.2) is 0 Å². The highest BCUT2D eigenvalue weighted by Crippen LogP contribution is 2.32. The van der Waals surface area contributed by atoms with E-state index in [-0.39, 0.29) is 0 Å². The standard InChI is InChI=1S/C18H18ClN3OS/c1-11-8-14(9-12(2)16(11)23-3)17-21-22-18(24-17)20-10-13-6-4-5-7-15(13)19/h4-9H,10H2,1-3H3,(H,20,22). The van der Waals surface area contributed by atoms with Crippen molar-refractivity contribution in [3.8, 4) is 16.3 Å². The average molecular weight is 360 g/mol. The second-order valence-corrected chi connectivity index (χ2v) is 6.89. The molecule has 0 atom stereocenters. The predicted molar refractivity (Wildman–Crippen MR) is 100 cm³/mol. The maximum Gasteiger partial charge on any atom is 0.206 e. The number of aryl methyl sites for hydroxylation is 2. The summed E-state index contributed by atoms with van der Waals surface area (Å²) in [4.78, 5) is 0. The number of benzene rings is 2. The highest BCUT2D eigenvalue weighted by atomic mass is 35.5. The van der Waals surface area contributed by atoms with Gasteiger partial charge in [0.1, 0.15) is 10.8 Å². The van der Waals surface area contributed by atoms with E-state index in [1.807, 2.05) is 38.1 Å². The Morgan fingerprint density at radius 1 is 1.12 bits per heavy atom. The van der Waals surface area contributed by atoms with Crippen LogP contribution in [0.3, 0.4) is 0 Å². The number of nitrogens with one attached hydrogen (secondary N) is 1. The molecule has 4 nitrogen and oxygen atoms in total. The van der Waals surface area contributed by atoms with Gasteiger partial charge in [0.15, 0.2) is 0 Å². The summed E-state index contributed by atoms with van der Waals surface area (Å²) < 4.78 is 5.41. The first kappa shape index (κ1) is 16.7. The molecule has 0 fully saturated rings. The van der Waals surface area contributed by atoms with Gasteiger partial charge >= 0.3 is 0 Å². The van der Waals surface area contributed by atoms with E-state index in [1.54, 1.807) is 7.11 Å². The Bertz CT molecular complexity index is 840. The van der Waals surface area contributed by atoms with Gasteiger partial charge in [0, 0.05) is 17.1 Å². The molecule has 3 rings (SSSR count). The van der Waals surface area contributed by atoms with Crippen LogP contribution in [0.15, 0.2) is 36.4 Å². The minimum atomic E-state index is 0.620. The highest BCUT2D eigenvalue weighted by Gasteiger charge is 2.11. The molecule has 0 radical (unpaired) electrons. The van der Waals surface area contributed by atoms with E-state index in [2.05, 4.69) is 27.6 Å². The van der Waals surface area contributed by atoms with E-state index in [9.17, 15) is 0 Å². The van der Waals surface area contributed by atoms with Crippen LogP contribution in [0.2, 0.25) is 5.02 Å². The van der Waals surface area contributed by atoms with Crippen LogP contribution in [0, 0.1) is 13.8 Å². The number of rotatable bonds is 5. The number of hydrogen-bond donors (Lipinski definition) is 1. The number of aromatic nitrogens is 2. The molecule has 0 aliphatic carbocycles. The van der Waals surface area contributed by atoms with Crippen molar-refractivity contribution < 1.29 is 4.74 Å². The Morgan fingerprint density at radius 3 is 2.50 bits per heavy atom. The largest absolute Gasteiger partial charge is 0.496 e. The first-order valence-corrected chi connectivity index (χ1v) is 8.74. The molecule has 0 bridgehead atoms. The van der Waals surface area contributed by atoms with Gasteiger partial charge < -0.3 is 10.1 Å². The Hall–Kier alpha value is -2.11. The number of methoxy groups -OCH3 is 1. The van der Waals surface area contributed by atoms with Crippen molar-refractivity contribution in [1.29, 1.82) is 0 Å². The molecule has 0 spiro atoms. The Kier molecular flexibility index (Phi) is 5.02. The maximum absolute atomic E-state index is 6.17. The number of anilines is 1. The second-order valence-electron chi connectivity index (χ2n) is 5.50. The van der Waals surface area contributed by atoms with E-state index >= 15 is 0 Å². The summed E-state index contributed by atoms with van der Waals surface area (Å²) >= 11 is 7.70. The van der Waals surface area contributed by atoms with Gasteiger partial charge in [0.2, 0.25) is 5.13 Å².